The maximum Gasteiger partial charge on any atom is 0.338 e. The summed E-state index contributed by atoms with van der Waals surface area (Å²) in [6.45, 7) is 3.49. The lowest BCUT2D eigenvalue weighted by Crippen LogP contribution is -2.27. The highest BCUT2D eigenvalue weighted by molar-refractivity contribution is 7.92. The van der Waals surface area contributed by atoms with Gasteiger partial charge in [-0.3, -0.25) is 9.10 Å². The third-order valence-electron chi connectivity index (χ3n) is 6.20. The Balaban J connectivity index is 1.43. The van der Waals surface area contributed by atoms with Gasteiger partial charge in [-0.1, -0.05) is 12.1 Å². The van der Waals surface area contributed by atoms with Gasteiger partial charge in [0.2, 0.25) is 5.78 Å². The van der Waals surface area contributed by atoms with Crippen molar-refractivity contribution in [2.75, 3.05) is 25.1 Å². The molecule has 0 unspecified atom stereocenters. The molecule has 0 bridgehead atoms. The van der Waals surface area contributed by atoms with Crippen molar-refractivity contribution in [3.05, 3.63) is 77.1 Å². The van der Waals surface area contributed by atoms with E-state index in [9.17, 15) is 18.0 Å². The summed E-state index contributed by atoms with van der Waals surface area (Å²) in [5, 5.41) is 0. The molecule has 1 saturated carbocycles. The molecule has 184 valence electrons. The van der Waals surface area contributed by atoms with Crippen LogP contribution in [0.5, 0.6) is 5.75 Å². The first-order chi connectivity index (χ1) is 16.6. The minimum absolute atomic E-state index is 0.00560. The summed E-state index contributed by atoms with van der Waals surface area (Å²) in [5.74, 6) is -0.547. The third-order valence-corrected chi connectivity index (χ3v) is 7.99. The van der Waals surface area contributed by atoms with Gasteiger partial charge in [0.1, 0.15) is 5.75 Å². The Kier molecular flexibility index (Phi) is 6.71. The number of carbonyl (C=O) groups excluding carboxylic acids is 2. The molecule has 3 aromatic rings. The van der Waals surface area contributed by atoms with E-state index < -0.39 is 16.0 Å². The van der Waals surface area contributed by atoms with Gasteiger partial charge in [-0.15, -0.1) is 0 Å². The lowest BCUT2D eigenvalue weighted by molar-refractivity contribution is 0.0474. The van der Waals surface area contributed by atoms with Crippen molar-refractivity contribution in [2.45, 2.75) is 37.6 Å². The highest BCUT2D eigenvalue weighted by Crippen LogP contribution is 2.38. The van der Waals surface area contributed by atoms with E-state index in [0.29, 0.717) is 23.0 Å². The highest BCUT2D eigenvalue weighted by atomic mass is 32.2. The Morgan fingerprint density at radius 2 is 1.71 bits per heavy atom. The molecule has 0 spiro atoms. The van der Waals surface area contributed by atoms with E-state index in [4.69, 9.17) is 9.47 Å². The molecular weight excluding hydrogens is 468 g/mol. The number of anilines is 1. The molecule has 0 aliphatic heterocycles. The second kappa shape index (κ2) is 9.58. The molecule has 4 rings (SSSR count). The van der Waals surface area contributed by atoms with Crippen LogP contribution in [0.3, 0.4) is 0 Å². The fourth-order valence-electron chi connectivity index (χ4n) is 4.19. The van der Waals surface area contributed by atoms with E-state index >= 15 is 0 Å². The molecule has 2 aromatic carbocycles. The number of methoxy groups -OCH3 is 1. The summed E-state index contributed by atoms with van der Waals surface area (Å²) in [6, 6.07) is 14.5. The van der Waals surface area contributed by atoms with Gasteiger partial charge in [0.25, 0.3) is 10.0 Å². The van der Waals surface area contributed by atoms with E-state index in [-0.39, 0.29) is 22.8 Å². The Hall–Kier alpha value is -3.59. The molecule has 1 aliphatic rings. The quantitative estimate of drug-likeness (QED) is 0.324. The first kappa shape index (κ1) is 24.5. The summed E-state index contributed by atoms with van der Waals surface area (Å²) in [5.41, 5.74) is 3.01. The number of para-hydroxylation sites is 2. The first-order valence-corrected chi connectivity index (χ1v) is 12.7. The van der Waals surface area contributed by atoms with Crippen LogP contribution >= 0.6 is 0 Å². The van der Waals surface area contributed by atoms with Gasteiger partial charge in [-0.25, -0.2) is 13.2 Å². The third kappa shape index (κ3) is 4.81. The lowest BCUT2D eigenvalue weighted by atomic mass is 10.1. The second-order valence-electron chi connectivity index (χ2n) is 8.55. The predicted octanol–water partition coefficient (Wildman–Crippen LogP) is 4.31. The number of Topliss-reactive ketones (excluding diaryl/α,β-unsaturated/α-hetero) is 1. The molecule has 9 heteroatoms. The van der Waals surface area contributed by atoms with Crippen molar-refractivity contribution in [2.24, 2.45) is 0 Å². The first-order valence-electron chi connectivity index (χ1n) is 11.3. The van der Waals surface area contributed by atoms with Gasteiger partial charge in [0, 0.05) is 30.0 Å². The van der Waals surface area contributed by atoms with Gasteiger partial charge in [0.05, 0.1) is 23.3 Å². The van der Waals surface area contributed by atoms with E-state index in [1.54, 1.807) is 24.3 Å². The molecule has 1 fully saturated rings. The molecule has 1 aliphatic carbocycles. The SMILES string of the molecule is COc1ccccc1N(C)S(=O)(=O)c1ccc(C(=O)OCC(=O)c2cc(C)n(C3CC3)c2C)cc1. The zero-order valence-electron chi connectivity index (χ0n) is 20.1. The summed E-state index contributed by atoms with van der Waals surface area (Å²) in [7, 11) is -0.993. The number of ketones is 1. The predicted molar refractivity (Wildman–Crippen MR) is 132 cm³/mol. The Labute approximate surface area is 205 Å². The number of aryl methyl sites for hydroxylation is 1. The number of hydrogen-bond acceptors (Lipinski definition) is 6. The number of rotatable bonds is 9. The van der Waals surface area contributed by atoms with E-state index in [1.165, 1.54) is 38.4 Å². The molecule has 0 saturated heterocycles. The Morgan fingerprint density at radius 3 is 2.34 bits per heavy atom. The monoisotopic (exact) mass is 496 g/mol. The van der Waals surface area contributed by atoms with Crippen molar-refractivity contribution >= 4 is 27.5 Å². The van der Waals surface area contributed by atoms with Crippen molar-refractivity contribution in [1.82, 2.24) is 4.57 Å². The van der Waals surface area contributed by atoms with Crippen LogP contribution in [0.2, 0.25) is 0 Å². The summed E-state index contributed by atoms with van der Waals surface area (Å²) < 4.78 is 39.9. The highest BCUT2D eigenvalue weighted by Gasteiger charge is 2.29. The normalized spacial score (nSPS) is 13.4. The number of ether oxygens (including phenoxy) is 2. The topological polar surface area (TPSA) is 94.9 Å². The lowest BCUT2D eigenvalue weighted by Gasteiger charge is -2.21. The molecule has 0 atom stereocenters. The van der Waals surface area contributed by atoms with Crippen LogP contribution in [-0.2, 0) is 14.8 Å². The van der Waals surface area contributed by atoms with Crippen molar-refractivity contribution in [3.8, 4) is 5.75 Å². The smallest absolute Gasteiger partial charge is 0.338 e. The molecule has 0 N–H and O–H groups in total. The van der Waals surface area contributed by atoms with Crippen LogP contribution < -0.4 is 9.04 Å². The Bertz CT molecular complexity index is 1370. The summed E-state index contributed by atoms with van der Waals surface area (Å²) >= 11 is 0. The molecule has 1 aromatic heterocycles. The zero-order valence-corrected chi connectivity index (χ0v) is 21.0. The van der Waals surface area contributed by atoms with Crippen LogP contribution in [0, 0.1) is 13.8 Å². The van der Waals surface area contributed by atoms with E-state index in [2.05, 4.69) is 4.57 Å². The average molecular weight is 497 g/mol. The fourth-order valence-corrected chi connectivity index (χ4v) is 5.39. The van der Waals surface area contributed by atoms with Gasteiger partial charge in [-0.2, -0.15) is 0 Å². The summed E-state index contributed by atoms with van der Waals surface area (Å²) in [6.07, 6.45) is 2.22. The molecule has 0 amide bonds. The Morgan fingerprint density at radius 1 is 1.06 bits per heavy atom. The van der Waals surface area contributed by atoms with Crippen molar-refractivity contribution in [3.63, 3.8) is 0 Å². The van der Waals surface area contributed by atoms with Crippen LogP contribution in [0.1, 0.15) is 51.0 Å². The molecular formula is C26H28N2O6S. The van der Waals surface area contributed by atoms with E-state index in [1.807, 2.05) is 19.9 Å². The molecule has 0 radical (unpaired) electrons. The van der Waals surface area contributed by atoms with Crippen molar-refractivity contribution in [1.29, 1.82) is 0 Å². The van der Waals surface area contributed by atoms with Crippen LogP contribution in [-0.4, -0.2) is 45.5 Å². The summed E-state index contributed by atoms with van der Waals surface area (Å²) in [4.78, 5) is 25.2. The van der Waals surface area contributed by atoms with Gasteiger partial charge < -0.3 is 14.0 Å². The maximum atomic E-state index is 13.1. The number of sulfonamides is 1. The number of aromatic nitrogens is 1. The van der Waals surface area contributed by atoms with Gasteiger partial charge in [0.15, 0.2) is 6.61 Å². The largest absolute Gasteiger partial charge is 0.495 e. The zero-order chi connectivity index (χ0) is 25.3. The van der Waals surface area contributed by atoms with Crippen LogP contribution in [0.25, 0.3) is 0 Å². The standard InChI is InChI=1S/C26H28N2O6S/c1-17-15-22(18(2)28(17)20-11-12-20)24(29)16-34-26(30)19-9-13-21(14-10-19)35(31,32)27(3)23-7-5-6-8-25(23)33-4/h5-10,13-15,20H,11-12,16H2,1-4H3. The maximum absolute atomic E-state index is 13.1. The van der Waals surface area contributed by atoms with Crippen molar-refractivity contribution < 1.29 is 27.5 Å². The van der Waals surface area contributed by atoms with E-state index in [0.717, 1.165) is 28.5 Å². The fraction of sp³-hybridized carbons (Fsp3) is 0.308. The number of esters is 1. The van der Waals surface area contributed by atoms with Gasteiger partial charge >= 0.3 is 5.97 Å². The molecule has 35 heavy (non-hydrogen) atoms. The second-order valence-corrected chi connectivity index (χ2v) is 10.5. The molecule has 1 heterocycles. The van der Waals surface area contributed by atoms with Crippen LogP contribution in [0.15, 0.2) is 59.5 Å². The number of carbonyl (C=O) groups is 2. The average Bonchev–Trinajstić information content (AvgIpc) is 3.65. The van der Waals surface area contributed by atoms with Crippen LogP contribution in [0.4, 0.5) is 5.69 Å². The number of hydrogen-bond donors (Lipinski definition) is 0. The van der Waals surface area contributed by atoms with Gasteiger partial charge in [-0.05, 0) is 69.2 Å². The number of nitrogens with zero attached hydrogens (tertiary/aromatic N) is 2. The molecule has 8 nitrogen and oxygen atoms in total. The minimum Gasteiger partial charge on any atom is -0.495 e. The number of benzene rings is 2. The minimum atomic E-state index is -3.89.